The molecule has 1 amide bonds. The van der Waals surface area contributed by atoms with Crippen molar-refractivity contribution in [2.45, 2.75) is 13.5 Å². The molecule has 2 heterocycles. The van der Waals surface area contributed by atoms with Gasteiger partial charge in [-0.2, -0.15) is 0 Å². The van der Waals surface area contributed by atoms with Gasteiger partial charge in [0.25, 0.3) is 5.91 Å². The Morgan fingerprint density at radius 1 is 1.11 bits per heavy atom. The first-order valence-electron chi connectivity index (χ1n) is 8.45. The zero-order valence-corrected chi connectivity index (χ0v) is 15.5. The van der Waals surface area contributed by atoms with Gasteiger partial charge in [-0.15, -0.1) is 16.4 Å². The molecule has 0 saturated heterocycles. The van der Waals surface area contributed by atoms with E-state index in [4.69, 9.17) is 0 Å². The normalized spacial score (nSPS) is 10.7. The lowest BCUT2D eigenvalue weighted by molar-refractivity contribution is 0.102. The SMILES string of the molecule is Cc1ccc(-c2nc(C(=O)Nc3ncn(Cc4ccccc4)n3)cs2)cc1. The Hall–Kier alpha value is -3.32. The molecule has 134 valence electrons. The molecule has 1 N–H and O–H groups in total. The number of benzene rings is 2. The summed E-state index contributed by atoms with van der Waals surface area (Å²) in [6.45, 7) is 2.63. The van der Waals surface area contributed by atoms with Crippen LogP contribution in [0, 0.1) is 6.92 Å². The number of aryl methyl sites for hydroxylation is 1. The van der Waals surface area contributed by atoms with Crippen LogP contribution < -0.4 is 5.32 Å². The number of amides is 1. The lowest BCUT2D eigenvalue weighted by Crippen LogP contribution is -2.14. The van der Waals surface area contributed by atoms with Crippen molar-refractivity contribution in [1.29, 1.82) is 0 Å². The summed E-state index contributed by atoms with van der Waals surface area (Å²) in [6, 6.07) is 18.0. The monoisotopic (exact) mass is 375 g/mol. The minimum absolute atomic E-state index is 0.265. The van der Waals surface area contributed by atoms with E-state index in [2.05, 4.69) is 20.4 Å². The topological polar surface area (TPSA) is 72.7 Å². The molecule has 2 aromatic carbocycles. The molecule has 4 aromatic rings. The highest BCUT2D eigenvalue weighted by Crippen LogP contribution is 2.24. The number of carbonyl (C=O) groups excluding carboxylic acids is 1. The average Bonchev–Trinajstić information content (AvgIpc) is 3.33. The molecule has 6 nitrogen and oxygen atoms in total. The van der Waals surface area contributed by atoms with Gasteiger partial charge in [-0.1, -0.05) is 60.2 Å². The predicted molar refractivity (Wildman–Crippen MR) is 106 cm³/mol. The summed E-state index contributed by atoms with van der Waals surface area (Å²) >= 11 is 1.44. The third-order valence-corrected chi connectivity index (χ3v) is 4.88. The van der Waals surface area contributed by atoms with Gasteiger partial charge < -0.3 is 0 Å². The molecule has 0 unspecified atom stereocenters. The lowest BCUT2D eigenvalue weighted by atomic mass is 10.2. The number of anilines is 1. The Kier molecular flexibility index (Phi) is 4.76. The first kappa shape index (κ1) is 17.1. The van der Waals surface area contributed by atoms with E-state index in [0.29, 0.717) is 12.2 Å². The van der Waals surface area contributed by atoms with Crippen LogP contribution in [0.3, 0.4) is 0 Å². The van der Waals surface area contributed by atoms with Crippen molar-refractivity contribution in [2.24, 2.45) is 0 Å². The minimum Gasteiger partial charge on any atom is -0.288 e. The molecule has 0 radical (unpaired) electrons. The van der Waals surface area contributed by atoms with Crippen LogP contribution in [0.2, 0.25) is 0 Å². The lowest BCUT2D eigenvalue weighted by Gasteiger charge is -2.00. The summed E-state index contributed by atoms with van der Waals surface area (Å²) in [4.78, 5) is 21.0. The summed E-state index contributed by atoms with van der Waals surface area (Å²) in [6.07, 6.45) is 1.60. The van der Waals surface area contributed by atoms with E-state index in [0.717, 1.165) is 16.1 Å². The Balaban J connectivity index is 1.43. The quantitative estimate of drug-likeness (QED) is 0.572. The average molecular weight is 375 g/mol. The number of carbonyl (C=O) groups is 1. The van der Waals surface area contributed by atoms with Crippen molar-refractivity contribution >= 4 is 23.2 Å². The van der Waals surface area contributed by atoms with Crippen molar-refractivity contribution in [1.82, 2.24) is 19.7 Å². The molecule has 2 aromatic heterocycles. The van der Waals surface area contributed by atoms with E-state index in [9.17, 15) is 4.79 Å². The molecule has 7 heteroatoms. The molecule has 0 bridgehead atoms. The van der Waals surface area contributed by atoms with E-state index in [1.807, 2.05) is 61.5 Å². The van der Waals surface area contributed by atoms with Crippen LogP contribution in [0.15, 0.2) is 66.3 Å². The summed E-state index contributed by atoms with van der Waals surface area (Å²) in [5.41, 5.74) is 3.65. The molecule has 0 aliphatic heterocycles. The van der Waals surface area contributed by atoms with Gasteiger partial charge in [0.1, 0.15) is 17.0 Å². The number of nitrogens with one attached hydrogen (secondary N) is 1. The Morgan fingerprint density at radius 3 is 2.67 bits per heavy atom. The third kappa shape index (κ3) is 4.09. The van der Waals surface area contributed by atoms with Crippen LogP contribution in [-0.2, 0) is 6.54 Å². The van der Waals surface area contributed by atoms with Gasteiger partial charge in [0, 0.05) is 10.9 Å². The van der Waals surface area contributed by atoms with Gasteiger partial charge in [0.05, 0.1) is 6.54 Å². The maximum Gasteiger partial charge on any atom is 0.277 e. The van der Waals surface area contributed by atoms with E-state index in [-0.39, 0.29) is 11.9 Å². The zero-order valence-electron chi connectivity index (χ0n) is 14.7. The standard InChI is InChI=1S/C20H17N5OS/c1-14-7-9-16(10-8-14)19-22-17(12-27-19)18(26)23-20-21-13-25(24-20)11-15-5-3-2-4-6-15/h2-10,12-13H,11H2,1H3,(H,23,24,26). The highest BCUT2D eigenvalue weighted by molar-refractivity contribution is 7.13. The predicted octanol–water partition coefficient (Wildman–Crippen LogP) is 4.01. The molecule has 0 fully saturated rings. The number of hydrogen-bond acceptors (Lipinski definition) is 5. The summed E-state index contributed by atoms with van der Waals surface area (Å²) in [5.74, 6) is -0.0529. The largest absolute Gasteiger partial charge is 0.288 e. The molecule has 4 rings (SSSR count). The van der Waals surface area contributed by atoms with Crippen LogP contribution in [0.4, 0.5) is 5.95 Å². The van der Waals surface area contributed by atoms with E-state index >= 15 is 0 Å². The first-order valence-corrected chi connectivity index (χ1v) is 9.32. The van der Waals surface area contributed by atoms with Crippen molar-refractivity contribution in [3.63, 3.8) is 0 Å². The molecule has 0 aliphatic rings. The van der Waals surface area contributed by atoms with E-state index in [1.54, 1.807) is 16.4 Å². The number of thiazole rings is 1. The highest BCUT2D eigenvalue weighted by atomic mass is 32.1. The fraction of sp³-hybridized carbons (Fsp3) is 0.100. The number of nitrogens with zero attached hydrogens (tertiary/aromatic N) is 4. The Labute approximate surface area is 160 Å². The van der Waals surface area contributed by atoms with Gasteiger partial charge in [0.15, 0.2) is 0 Å². The second kappa shape index (κ2) is 7.51. The van der Waals surface area contributed by atoms with Crippen LogP contribution in [0.25, 0.3) is 10.6 Å². The smallest absolute Gasteiger partial charge is 0.277 e. The van der Waals surface area contributed by atoms with Crippen molar-refractivity contribution < 1.29 is 4.79 Å². The van der Waals surface area contributed by atoms with Gasteiger partial charge in [-0.05, 0) is 12.5 Å². The van der Waals surface area contributed by atoms with Gasteiger partial charge in [0.2, 0.25) is 5.95 Å². The van der Waals surface area contributed by atoms with E-state index in [1.165, 1.54) is 16.9 Å². The van der Waals surface area contributed by atoms with Crippen molar-refractivity contribution in [3.05, 3.63) is 83.1 Å². The van der Waals surface area contributed by atoms with E-state index < -0.39 is 0 Å². The third-order valence-electron chi connectivity index (χ3n) is 3.98. The number of rotatable bonds is 5. The van der Waals surface area contributed by atoms with Gasteiger partial charge in [-0.25, -0.2) is 14.6 Å². The van der Waals surface area contributed by atoms with Crippen LogP contribution in [-0.4, -0.2) is 25.7 Å². The van der Waals surface area contributed by atoms with Crippen molar-refractivity contribution in [2.75, 3.05) is 5.32 Å². The fourth-order valence-corrected chi connectivity index (χ4v) is 3.38. The fourth-order valence-electron chi connectivity index (χ4n) is 2.57. The molecule has 0 atom stereocenters. The number of aromatic nitrogens is 4. The Bertz CT molecular complexity index is 1050. The summed E-state index contributed by atoms with van der Waals surface area (Å²) in [5, 5.41) is 9.55. The van der Waals surface area contributed by atoms with Crippen LogP contribution >= 0.6 is 11.3 Å². The molecule has 0 saturated carbocycles. The highest BCUT2D eigenvalue weighted by Gasteiger charge is 2.14. The van der Waals surface area contributed by atoms with Crippen molar-refractivity contribution in [3.8, 4) is 10.6 Å². The zero-order chi connectivity index (χ0) is 18.6. The summed E-state index contributed by atoms with van der Waals surface area (Å²) < 4.78 is 1.68. The van der Waals surface area contributed by atoms with Gasteiger partial charge >= 0.3 is 0 Å². The Morgan fingerprint density at radius 2 is 1.89 bits per heavy atom. The minimum atomic E-state index is -0.318. The number of hydrogen-bond donors (Lipinski definition) is 1. The first-order chi connectivity index (χ1) is 13.2. The second-order valence-electron chi connectivity index (χ2n) is 6.11. The maximum atomic E-state index is 12.4. The molecular formula is C20H17N5OS. The summed E-state index contributed by atoms with van der Waals surface area (Å²) in [7, 11) is 0. The van der Waals surface area contributed by atoms with Crippen LogP contribution in [0.1, 0.15) is 21.6 Å². The molecule has 27 heavy (non-hydrogen) atoms. The molecule has 0 aliphatic carbocycles. The molecular weight excluding hydrogens is 358 g/mol. The molecule has 0 spiro atoms. The maximum absolute atomic E-state index is 12.4. The second-order valence-corrected chi connectivity index (χ2v) is 6.97. The van der Waals surface area contributed by atoms with Gasteiger partial charge in [-0.3, -0.25) is 10.1 Å². The van der Waals surface area contributed by atoms with Crippen LogP contribution in [0.5, 0.6) is 0 Å².